The van der Waals surface area contributed by atoms with Crippen LogP contribution in [0.25, 0.3) is 16.4 Å². The number of thioether (sulfide) groups is 1. The number of rotatable bonds is 8. The fourth-order valence-electron chi connectivity index (χ4n) is 3.37. The maximum atomic E-state index is 11.9. The third-order valence-electron chi connectivity index (χ3n) is 4.99. The number of carbonyl (C=O) groups excluding carboxylic acids is 1. The Bertz CT molecular complexity index is 1250. The van der Waals surface area contributed by atoms with E-state index >= 15 is 0 Å². The Labute approximate surface area is 195 Å². The third kappa shape index (κ3) is 4.42. The molecule has 8 heteroatoms. The van der Waals surface area contributed by atoms with Gasteiger partial charge in [-0.3, -0.25) is 9.36 Å². The van der Waals surface area contributed by atoms with E-state index in [0.717, 1.165) is 44.2 Å². The van der Waals surface area contributed by atoms with Crippen LogP contribution < -0.4 is 9.47 Å². The zero-order valence-electron chi connectivity index (χ0n) is 18.3. The molecule has 2 heterocycles. The van der Waals surface area contributed by atoms with E-state index < -0.39 is 0 Å². The SMILES string of the molecule is COc1ccc(C(C)=O)cc1CSc1nnc(-c2cccs2)n1-c1cc(C)ccc1OC. The van der Waals surface area contributed by atoms with E-state index in [9.17, 15) is 4.79 Å². The standard InChI is InChI=1S/C24H23N3O3S2/c1-15-7-9-21(30-4)19(12-15)27-23(22-6-5-11-31-22)25-26-24(27)32-14-18-13-17(16(2)28)8-10-20(18)29-3/h5-13H,14H2,1-4H3. The second-order valence-corrected chi connectivity index (χ2v) is 9.06. The Balaban J connectivity index is 1.78. The number of Topliss-reactive ketones (excluding diaryl/α,β-unsaturated/α-hetero) is 1. The molecule has 0 aliphatic heterocycles. The van der Waals surface area contributed by atoms with Gasteiger partial charge in [0, 0.05) is 16.9 Å². The summed E-state index contributed by atoms with van der Waals surface area (Å²) in [7, 11) is 3.29. The molecule has 0 aliphatic carbocycles. The van der Waals surface area contributed by atoms with Crippen LogP contribution in [0.3, 0.4) is 0 Å². The first kappa shape index (κ1) is 22.1. The van der Waals surface area contributed by atoms with Crippen molar-refractivity contribution in [3.63, 3.8) is 0 Å². The first-order valence-electron chi connectivity index (χ1n) is 9.96. The first-order chi connectivity index (χ1) is 15.5. The Morgan fingerprint density at radius 1 is 1.06 bits per heavy atom. The lowest BCUT2D eigenvalue weighted by Gasteiger charge is -2.15. The number of benzene rings is 2. The van der Waals surface area contributed by atoms with Gasteiger partial charge in [0.1, 0.15) is 11.5 Å². The van der Waals surface area contributed by atoms with Gasteiger partial charge in [0.2, 0.25) is 0 Å². The van der Waals surface area contributed by atoms with Gasteiger partial charge in [0.15, 0.2) is 16.8 Å². The summed E-state index contributed by atoms with van der Waals surface area (Å²) in [4.78, 5) is 12.9. The van der Waals surface area contributed by atoms with Gasteiger partial charge in [-0.2, -0.15) is 0 Å². The molecule has 0 N–H and O–H groups in total. The smallest absolute Gasteiger partial charge is 0.196 e. The molecule has 0 amide bonds. The maximum absolute atomic E-state index is 11.9. The van der Waals surface area contributed by atoms with Gasteiger partial charge in [-0.1, -0.05) is 23.9 Å². The van der Waals surface area contributed by atoms with Crippen LogP contribution in [0.2, 0.25) is 0 Å². The number of aromatic nitrogens is 3. The number of hydrogen-bond donors (Lipinski definition) is 0. The van der Waals surface area contributed by atoms with Crippen LogP contribution in [0.1, 0.15) is 28.4 Å². The molecule has 2 aromatic heterocycles. The summed E-state index contributed by atoms with van der Waals surface area (Å²) in [5, 5.41) is 11.8. The molecule has 0 saturated carbocycles. The summed E-state index contributed by atoms with van der Waals surface area (Å²) in [6.45, 7) is 3.61. The highest BCUT2D eigenvalue weighted by atomic mass is 32.2. The third-order valence-corrected chi connectivity index (χ3v) is 6.84. The zero-order chi connectivity index (χ0) is 22.7. The van der Waals surface area contributed by atoms with Crippen molar-refractivity contribution in [3.8, 4) is 27.9 Å². The predicted octanol–water partition coefficient (Wildman–Crippen LogP) is 5.82. The number of thiophene rings is 1. The van der Waals surface area contributed by atoms with Gasteiger partial charge in [0.05, 0.1) is 24.8 Å². The van der Waals surface area contributed by atoms with Gasteiger partial charge in [-0.15, -0.1) is 21.5 Å². The summed E-state index contributed by atoms with van der Waals surface area (Å²) in [5.41, 5.74) is 3.57. The molecule has 0 saturated heterocycles. The van der Waals surface area contributed by atoms with Gasteiger partial charge in [0.25, 0.3) is 0 Å². The summed E-state index contributed by atoms with van der Waals surface area (Å²) in [6, 6.07) is 15.6. The largest absolute Gasteiger partial charge is 0.496 e. The minimum Gasteiger partial charge on any atom is -0.496 e. The molecule has 2 aromatic carbocycles. The predicted molar refractivity (Wildman–Crippen MR) is 129 cm³/mol. The van der Waals surface area contributed by atoms with E-state index in [1.165, 1.54) is 11.8 Å². The van der Waals surface area contributed by atoms with E-state index in [1.807, 2.05) is 53.3 Å². The molecule has 32 heavy (non-hydrogen) atoms. The normalized spacial score (nSPS) is 10.9. The van der Waals surface area contributed by atoms with Crippen LogP contribution >= 0.6 is 23.1 Å². The lowest BCUT2D eigenvalue weighted by molar-refractivity contribution is 0.101. The molecule has 0 spiro atoms. The van der Waals surface area contributed by atoms with E-state index in [4.69, 9.17) is 9.47 Å². The second-order valence-electron chi connectivity index (χ2n) is 7.17. The number of carbonyl (C=O) groups is 1. The van der Waals surface area contributed by atoms with Crippen molar-refractivity contribution in [2.45, 2.75) is 24.8 Å². The molecule has 0 fully saturated rings. The van der Waals surface area contributed by atoms with Crippen LogP contribution in [-0.2, 0) is 5.75 Å². The first-order valence-corrected chi connectivity index (χ1v) is 11.8. The number of nitrogens with zero attached hydrogens (tertiary/aromatic N) is 3. The van der Waals surface area contributed by atoms with Gasteiger partial charge in [-0.25, -0.2) is 0 Å². The van der Waals surface area contributed by atoms with Crippen molar-refractivity contribution in [2.75, 3.05) is 14.2 Å². The number of methoxy groups -OCH3 is 2. The van der Waals surface area contributed by atoms with Crippen LogP contribution in [0.4, 0.5) is 0 Å². The Morgan fingerprint density at radius 2 is 1.84 bits per heavy atom. The topological polar surface area (TPSA) is 66.2 Å². The van der Waals surface area contributed by atoms with Gasteiger partial charge in [-0.05, 0) is 61.2 Å². The number of ketones is 1. The molecule has 0 unspecified atom stereocenters. The Morgan fingerprint density at radius 3 is 2.53 bits per heavy atom. The fourth-order valence-corrected chi connectivity index (χ4v) is 4.99. The van der Waals surface area contributed by atoms with Crippen LogP contribution in [0, 0.1) is 6.92 Å². The second kappa shape index (κ2) is 9.58. The van der Waals surface area contributed by atoms with Crippen molar-refractivity contribution < 1.29 is 14.3 Å². The van der Waals surface area contributed by atoms with Crippen LogP contribution in [-0.4, -0.2) is 34.8 Å². The quantitative estimate of drug-likeness (QED) is 0.241. The summed E-state index contributed by atoms with van der Waals surface area (Å²) in [5.74, 6) is 2.83. The van der Waals surface area contributed by atoms with E-state index in [2.05, 4.69) is 16.3 Å². The number of hydrogen-bond acceptors (Lipinski definition) is 7. The highest BCUT2D eigenvalue weighted by Crippen LogP contribution is 2.36. The summed E-state index contributed by atoms with van der Waals surface area (Å²) in [6.07, 6.45) is 0. The monoisotopic (exact) mass is 465 g/mol. The lowest BCUT2D eigenvalue weighted by atomic mass is 10.1. The average molecular weight is 466 g/mol. The van der Waals surface area contributed by atoms with E-state index in [0.29, 0.717) is 11.3 Å². The van der Waals surface area contributed by atoms with E-state index in [1.54, 1.807) is 38.5 Å². The molecule has 0 atom stereocenters. The Hall–Kier alpha value is -3.10. The summed E-state index contributed by atoms with van der Waals surface area (Å²) >= 11 is 3.15. The van der Waals surface area contributed by atoms with Crippen LogP contribution in [0.5, 0.6) is 11.5 Å². The fraction of sp³-hybridized carbons (Fsp3) is 0.208. The average Bonchev–Trinajstić information content (AvgIpc) is 3.47. The number of ether oxygens (including phenoxy) is 2. The molecule has 0 radical (unpaired) electrons. The minimum atomic E-state index is 0.0200. The Kier molecular flexibility index (Phi) is 6.62. The van der Waals surface area contributed by atoms with Crippen molar-refractivity contribution in [3.05, 3.63) is 70.6 Å². The highest BCUT2D eigenvalue weighted by Gasteiger charge is 2.20. The van der Waals surface area contributed by atoms with Gasteiger partial charge >= 0.3 is 0 Å². The van der Waals surface area contributed by atoms with Crippen LogP contribution in [0.15, 0.2) is 59.1 Å². The summed E-state index contributed by atoms with van der Waals surface area (Å²) < 4.78 is 13.2. The maximum Gasteiger partial charge on any atom is 0.196 e. The van der Waals surface area contributed by atoms with E-state index in [-0.39, 0.29) is 5.78 Å². The minimum absolute atomic E-state index is 0.0200. The van der Waals surface area contributed by atoms with Crippen molar-refractivity contribution in [2.24, 2.45) is 0 Å². The molecular formula is C24H23N3O3S2. The molecule has 4 aromatic rings. The molecule has 164 valence electrons. The van der Waals surface area contributed by atoms with Crippen molar-refractivity contribution >= 4 is 28.9 Å². The molecule has 0 aliphatic rings. The molecule has 0 bridgehead atoms. The highest BCUT2D eigenvalue weighted by molar-refractivity contribution is 7.98. The van der Waals surface area contributed by atoms with Crippen molar-refractivity contribution in [1.29, 1.82) is 0 Å². The number of aryl methyl sites for hydroxylation is 1. The van der Waals surface area contributed by atoms with Gasteiger partial charge < -0.3 is 9.47 Å². The zero-order valence-corrected chi connectivity index (χ0v) is 19.9. The molecule has 6 nitrogen and oxygen atoms in total. The molecule has 4 rings (SSSR count). The van der Waals surface area contributed by atoms with Crippen molar-refractivity contribution in [1.82, 2.24) is 14.8 Å². The lowest BCUT2D eigenvalue weighted by Crippen LogP contribution is -2.03. The molecular weight excluding hydrogens is 442 g/mol.